The predicted octanol–water partition coefficient (Wildman–Crippen LogP) is 4.56. The third-order valence-electron chi connectivity index (χ3n) is 7.50. The summed E-state index contributed by atoms with van der Waals surface area (Å²) in [5.41, 5.74) is 4.78. The van der Waals surface area contributed by atoms with Gasteiger partial charge in [-0.25, -0.2) is 0 Å². The molecule has 1 saturated heterocycles. The maximum atomic E-state index is 13.5. The second-order valence-corrected chi connectivity index (χ2v) is 12.1. The number of thiophene rings is 1. The zero-order valence-electron chi connectivity index (χ0n) is 19.4. The summed E-state index contributed by atoms with van der Waals surface area (Å²) in [5.74, 6) is 0.106. The number of benzene rings is 1. The standard InChI is InChI=1S/C25H31BNO3S/c1-15-18(26-29-24(4,5)25(6,7)30-26)9-8-10-19(15)27-12-11-16-17-13-23(2,3)14-20(17)31-21(16)22(27)28/h8-10H,1,11-14H2,2-7H3. The monoisotopic (exact) mass is 436 g/mol. The van der Waals surface area contributed by atoms with E-state index in [0.29, 0.717) is 12.0 Å². The van der Waals surface area contributed by atoms with Crippen molar-refractivity contribution in [2.75, 3.05) is 11.4 Å². The second-order valence-electron chi connectivity index (χ2n) is 11.0. The van der Waals surface area contributed by atoms with Crippen LogP contribution in [0.2, 0.25) is 0 Å². The van der Waals surface area contributed by atoms with Crippen LogP contribution in [0, 0.1) is 12.3 Å². The van der Waals surface area contributed by atoms with Gasteiger partial charge in [0.1, 0.15) is 0 Å². The Kier molecular flexibility index (Phi) is 4.58. The van der Waals surface area contributed by atoms with E-state index in [9.17, 15) is 4.79 Å². The van der Waals surface area contributed by atoms with Gasteiger partial charge in [-0.1, -0.05) is 26.0 Å². The lowest BCUT2D eigenvalue weighted by Crippen LogP contribution is -2.41. The molecule has 0 spiro atoms. The number of anilines is 1. The van der Waals surface area contributed by atoms with E-state index in [4.69, 9.17) is 9.31 Å². The maximum Gasteiger partial charge on any atom is 0.495 e. The summed E-state index contributed by atoms with van der Waals surface area (Å²) in [6.07, 6.45) is 3.06. The molecule has 1 amide bonds. The molecule has 0 N–H and O–H groups in total. The van der Waals surface area contributed by atoms with Crippen LogP contribution in [0.15, 0.2) is 18.2 Å². The zero-order valence-corrected chi connectivity index (χ0v) is 20.2. The molecule has 2 aliphatic heterocycles. The summed E-state index contributed by atoms with van der Waals surface area (Å²) in [5, 5.41) is 0. The highest BCUT2D eigenvalue weighted by Crippen LogP contribution is 2.46. The lowest BCUT2D eigenvalue weighted by atomic mass is 9.75. The first kappa shape index (κ1) is 21.2. The van der Waals surface area contributed by atoms with E-state index in [1.165, 1.54) is 16.0 Å². The number of fused-ring (bicyclic) bond motifs is 3. The third-order valence-corrected chi connectivity index (χ3v) is 8.77. The van der Waals surface area contributed by atoms with Crippen LogP contribution in [0.25, 0.3) is 0 Å². The molecule has 31 heavy (non-hydrogen) atoms. The molecule has 0 atom stereocenters. The summed E-state index contributed by atoms with van der Waals surface area (Å²) >= 11 is 1.71. The fraction of sp³-hybridized carbons (Fsp3) is 0.520. The number of rotatable bonds is 2. The Bertz CT molecular complexity index is 1070. The van der Waals surface area contributed by atoms with E-state index in [0.717, 1.165) is 40.9 Å². The summed E-state index contributed by atoms with van der Waals surface area (Å²) in [6, 6.07) is 5.96. The van der Waals surface area contributed by atoms with Crippen molar-refractivity contribution in [2.24, 2.45) is 5.41 Å². The Morgan fingerprint density at radius 3 is 2.39 bits per heavy atom. The number of hydrogen-bond donors (Lipinski definition) is 0. The Balaban J connectivity index is 1.47. The highest BCUT2D eigenvalue weighted by atomic mass is 32.1. The second kappa shape index (κ2) is 6.69. The zero-order chi connectivity index (χ0) is 22.3. The van der Waals surface area contributed by atoms with Crippen molar-refractivity contribution < 1.29 is 14.1 Å². The SMILES string of the molecule is [CH2]c1c(B2OC(C)(C)C(C)(C)O2)cccc1N1CCc2c(sc3c2CC(C)(C)C3)C1=O. The Morgan fingerprint density at radius 2 is 1.71 bits per heavy atom. The molecule has 1 fully saturated rings. The van der Waals surface area contributed by atoms with E-state index in [1.807, 2.05) is 50.8 Å². The van der Waals surface area contributed by atoms with Crippen LogP contribution in [-0.4, -0.2) is 30.8 Å². The van der Waals surface area contributed by atoms with Gasteiger partial charge in [0, 0.05) is 17.1 Å². The van der Waals surface area contributed by atoms with Gasteiger partial charge in [-0.2, -0.15) is 0 Å². The topological polar surface area (TPSA) is 38.8 Å². The predicted molar refractivity (Wildman–Crippen MR) is 128 cm³/mol. The van der Waals surface area contributed by atoms with Crippen LogP contribution in [-0.2, 0) is 28.6 Å². The lowest BCUT2D eigenvalue weighted by molar-refractivity contribution is 0.00578. The van der Waals surface area contributed by atoms with Crippen LogP contribution >= 0.6 is 11.3 Å². The lowest BCUT2D eigenvalue weighted by Gasteiger charge is -2.32. The van der Waals surface area contributed by atoms with E-state index in [-0.39, 0.29) is 5.91 Å². The van der Waals surface area contributed by atoms with Crippen molar-refractivity contribution in [3.8, 4) is 0 Å². The first-order valence-corrected chi connectivity index (χ1v) is 12.0. The molecule has 163 valence electrons. The molecule has 0 unspecified atom stereocenters. The van der Waals surface area contributed by atoms with Crippen molar-refractivity contribution in [3.63, 3.8) is 0 Å². The van der Waals surface area contributed by atoms with E-state index < -0.39 is 18.3 Å². The van der Waals surface area contributed by atoms with Gasteiger partial charge in [-0.05, 0) is 87.5 Å². The number of carbonyl (C=O) groups excluding carboxylic acids is 1. The third kappa shape index (κ3) is 3.21. The number of hydrogen-bond acceptors (Lipinski definition) is 4. The molecular formula is C25H31BNO3S. The van der Waals surface area contributed by atoms with Crippen molar-refractivity contribution in [1.29, 1.82) is 0 Å². The first-order chi connectivity index (χ1) is 14.4. The number of carbonyl (C=O) groups is 1. The molecule has 6 heteroatoms. The van der Waals surface area contributed by atoms with Crippen molar-refractivity contribution >= 4 is 35.5 Å². The van der Waals surface area contributed by atoms with E-state index in [2.05, 4.69) is 20.8 Å². The minimum absolute atomic E-state index is 0.106. The fourth-order valence-corrected chi connectivity index (χ4v) is 6.60. The summed E-state index contributed by atoms with van der Waals surface area (Å²) in [4.78, 5) is 17.8. The van der Waals surface area contributed by atoms with Gasteiger partial charge in [0.05, 0.1) is 16.1 Å². The maximum absolute atomic E-state index is 13.5. The van der Waals surface area contributed by atoms with Crippen LogP contribution in [0.5, 0.6) is 0 Å². The Morgan fingerprint density at radius 1 is 1.03 bits per heavy atom. The number of amides is 1. The fourth-order valence-electron chi connectivity index (χ4n) is 5.03. The van der Waals surface area contributed by atoms with Crippen LogP contribution < -0.4 is 10.4 Å². The minimum Gasteiger partial charge on any atom is -0.399 e. The average Bonchev–Trinajstić information content (AvgIpc) is 3.21. The van der Waals surface area contributed by atoms with Crippen LogP contribution in [0.3, 0.4) is 0 Å². The van der Waals surface area contributed by atoms with Crippen LogP contribution in [0.1, 0.15) is 72.8 Å². The summed E-state index contributed by atoms with van der Waals surface area (Å²) in [6.45, 7) is 17.9. The molecular weight excluding hydrogens is 405 g/mol. The largest absolute Gasteiger partial charge is 0.495 e. The molecule has 1 aromatic carbocycles. The van der Waals surface area contributed by atoms with E-state index >= 15 is 0 Å². The smallest absolute Gasteiger partial charge is 0.399 e. The Labute approximate surface area is 190 Å². The molecule has 0 bridgehead atoms. The van der Waals surface area contributed by atoms with Crippen LogP contribution in [0.4, 0.5) is 5.69 Å². The highest BCUT2D eigenvalue weighted by Gasteiger charge is 2.52. The molecule has 3 heterocycles. The van der Waals surface area contributed by atoms with Crippen molar-refractivity contribution in [1.82, 2.24) is 0 Å². The quantitative estimate of drug-likeness (QED) is 0.648. The molecule has 3 aliphatic rings. The molecule has 1 aliphatic carbocycles. The van der Waals surface area contributed by atoms with Gasteiger partial charge in [-0.3, -0.25) is 4.79 Å². The molecule has 5 rings (SSSR count). The Hall–Kier alpha value is -1.63. The molecule has 1 radical (unpaired) electrons. The van der Waals surface area contributed by atoms with Gasteiger partial charge in [0.2, 0.25) is 0 Å². The summed E-state index contributed by atoms with van der Waals surface area (Å²) < 4.78 is 12.5. The van der Waals surface area contributed by atoms with Crippen molar-refractivity contribution in [3.05, 3.63) is 51.6 Å². The van der Waals surface area contributed by atoms with E-state index in [1.54, 1.807) is 11.3 Å². The molecule has 1 aromatic heterocycles. The molecule has 0 saturated carbocycles. The van der Waals surface area contributed by atoms with Gasteiger partial charge < -0.3 is 14.2 Å². The van der Waals surface area contributed by atoms with Crippen molar-refractivity contribution in [2.45, 2.75) is 72.0 Å². The van der Waals surface area contributed by atoms with Gasteiger partial charge in [-0.15, -0.1) is 11.3 Å². The normalized spacial score (nSPS) is 23.3. The summed E-state index contributed by atoms with van der Waals surface area (Å²) in [7, 11) is -0.485. The van der Waals surface area contributed by atoms with Gasteiger partial charge in [0.25, 0.3) is 5.91 Å². The minimum atomic E-state index is -0.485. The number of nitrogens with zero attached hydrogens (tertiary/aromatic N) is 1. The average molecular weight is 436 g/mol. The highest BCUT2D eigenvalue weighted by molar-refractivity contribution is 7.14. The van der Waals surface area contributed by atoms with Gasteiger partial charge in [0.15, 0.2) is 0 Å². The first-order valence-electron chi connectivity index (χ1n) is 11.2. The molecule has 4 nitrogen and oxygen atoms in total. The van der Waals surface area contributed by atoms with Gasteiger partial charge >= 0.3 is 7.12 Å². The molecule has 2 aromatic rings.